The van der Waals surface area contributed by atoms with Crippen LogP contribution in [0.15, 0.2) is 25.4 Å². The summed E-state index contributed by atoms with van der Waals surface area (Å²) in [5.41, 5.74) is 2.46. The van der Waals surface area contributed by atoms with Gasteiger partial charge in [0.25, 0.3) is 0 Å². The standard InChI is InChI=1S/C15H13BrO3/c1-7(17)4-10-11-5-8(2)19-15(11)13(16)12-6-9(3)18-14(10)12/h5-6H,4H2,1-3H3. The van der Waals surface area contributed by atoms with Gasteiger partial charge >= 0.3 is 0 Å². The van der Waals surface area contributed by atoms with Crippen LogP contribution in [-0.2, 0) is 11.2 Å². The van der Waals surface area contributed by atoms with Gasteiger partial charge < -0.3 is 8.83 Å². The number of carbonyl (C=O) groups is 1. The van der Waals surface area contributed by atoms with Crippen molar-refractivity contribution in [1.29, 1.82) is 0 Å². The Bertz CT molecular complexity index is 750. The summed E-state index contributed by atoms with van der Waals surface area (Å²) in [6.45, 7) is 5.39. The highest BCUT2D eigenvalue weighted by atomic mass is 79.9. The number of hydrogen-bond acceptors (Lipinski definition) is 3. The molecule has 2 aromatic heterocycles. The fraction of sp³-hybridized carbons (Fsp3) is 0.267. The number of furan rings is 2. The summed E-state index contributed by atoms with van der Waals surface area (Å²) in [6.07, 6.45) is 0.353. The molecule has 19 heavy (non-hydrogen) atoms. The molecular formula is C15H13BrO3. The zero-order valence-electron chi connectivity index (χ0n) is 11.0. The summed E-state index contributed by atoms with van der Waals surface area (Å²) in [6, 6.07) is 3.91. The Kier molecular flexibility index (Phi) is 2.78. The lowest BCUT2D eigenvalue weighted by Gasteiger charge is -2.04. The lowest BCUT2D eigenvalue weighted by atomic mass is 10.0. The third-order valence-electron chi connectivity index (χ3n) is 3.17. The van der Waals surface area contributed by atoms with Crippen molar-refractivity contribution in [2.24, 2.45) is 0 Å². The molecule has 0 aliphatic rings. The number of aryl methyl sites for hydroxylation is 2. The number of halogens is 1. The van der Waals surface area contributed by atoms with Gasteiger partial charge in [0.1, 0.15) is 28.5 Å². The van der Waals surface area contributed by atoms with Gasteiger partial charge in [0.15, 0.2) is 0 Å². The second-order valence-electron chi connectivity index (χ2n) is 4.87. The van der Waals surface area contributed by atoms with Crippen molar-refractivity contribution in [2.75, 3.05) is 0 Å². The number of fused-ring (bicyclic) bond motifs is 2. The molecule has 0 fully saturated rings. The lowest BCUT2D eigenvalue weighted by molar-refractivity contribution is -0.116. The lowest BCUT2D eigenvalue weighted by Crippen LogP contribution is -1.97. The Morgan fingerprint density at radius 2 is 1.68 bits per heavy atom. The Morgan fingerprint density at radius 3 is 2.32 bits per heavy atom. The van der Waals surface area contributed by atoms with E-state index in [-0.39, 0.29) is 5.78 Å². The Morgan fingerprint density at radius 1 is 1.11 bits per heavy atom. The zero-order valence-corrected chi connectivity index (χ0v) is 12.6. The first-order valence-corrected chi connectivity index (χ1v) is 6.86. The minimum absolute atomic E-state index is 0.109. The zero-order chi connectivity index (χ0) is 13.7. The number of rotatable bonds is 2. The van der Waals surface area contributed by atoms with E-state index in [2.05, 4.69) is 15.9 Å². The van der Waals surface area contributed by atoms with Gasteiger partial charge in [0.05, 0.1) is 4.47 Å². The van der Waals surface area contributed by atoms with E-state index in [1.165, 1.54) is 0 Å². The number of Topliss-reactive ketones (excluding diaryl/α,β-unsaturated/α-hetero) is 1. The van der Waals surface area contributed by atoms with Crippen molar-refractivity contribution in [3.8, 4) is 0 Å². The van der Waals surface area contributed by atoms with Crippen LogP contribution in [0.25, 0.3) is 21.9 Å². The molecule has 0 saturated carbocycles. The Labute approximate surface area is 118 Å². The highest BCUT2D eigenvalue weighted by molar-refractivity contribution is 9.10. The molecule has 0 saturated heterocycles. The third-order valence-corrected chi connectivity index (χ3v) is 3.96. The largest absolute Gasteiger partial charge is 0.461 e. The SMILES string of the molecule is CC(=O)Cc1c2cc(C)oc2c(Br)c2cc(C)oc12. The molecule has 0 bridgehead atoms. The predicted octanol–water partition coefficient (Wildman–Crippen LogP) is 4.69. The van der Waals surface area contributed by atoms with Crippen LogP contribution in [0.3, 0.4) is 0 Å². The highest BCUT2D eigenvalue weighted by Crippen LogP contribution is 2.39. The second kappa shape index (κ2) is 4.23. The number of ketones is 1. The summed E-state index contributed by atoms with van der Waals surface area (Å²) in [5, 5.41) is 1.90. The number of hydrogen-bond donors (Lipinski definition) is 0. The molecule has 0 aliphatic heterocycles. The Balaban J connectivity index is 2.50. The van der Waals surface area contributed by atoms with Crippen LogP contribution >= 0.6 is 15.9 Å². The molecule has 0 atom stereocenters. The van der Waals surface area contributed by atoms with Crippen molar-refractivity contribution >= 4 is 43.7 Å². The fourth-order valence-electron chi connectivity index (χ4n) is 2.47. The molecule has 0 amide bonds. The van der Waals surface area contributed by atoms with Crippen molar-refractivity contribution < 1.29 is 13.6 Å². The average molecular weight is 321 g/mol. The molecule has 0 aliphatic carbocycles. The topological polar surface area (TPSA) is 43.4 Å². The first-order chi connectivity index (χ1) is 8.97. The minimum atomic E-state index is 0.109. The molecule has 1 aromatic carbocycles. The van der Waals surface area contributed by atoms with Crippen LogP contribution in [0.4, 0.5) is 0 Å². The Hall–Kier alpha value is -1.55. The van der Waals surface area contributed by atoms with E-state index in [0.29, 0.717) is 6.42 Å². The van der Waals surface area contributed by atoms with Gasteiger partial charge in [-0.3, -0.25) is 4.79 Å². The van der Waals surface area contributed by atoms with Crippen molar-refractivity contribution in [1.82, 2.24) is 0 Å². The normalized spacial score (nSPS) is 11.6. The summed E-state index contributed by atoms with van der Waals surface area (Å²) in [7, 11) is 0. The molecule has 98 valence electrons. The van der Waals surface area contributed by atoms with E-state index in [1.807, 2.05) is 26.0 Å². The van der Waals surface area contributed by atoms with E-state index in [1.54, 1.807) is 6.92 Å². The summed E-state index contributed by atoms with van der Waals surface area (Å²) < 4.78 is 12.4. The molecule has 4 heteroatoms. The van der Waals surface area contributed by atoms with E-state index in [4.69, 9.17) is 8.83 Å². The number of carbonyl (C=O) groups excluding carboxylic acids is 1. The maximum atomic E-state index is 11.5. The van der Waals surface area contributed by atoms with Crippen LogP contribution in [0, 0.1) is 13.8 Å². The molecule has 0 spiro atoms. The third kappa shape index (κ3) is 1.91. The monoisotopic (exact) mass is 320 g/mol. The van der Waals surface area contributed by atoms with Gasteiger partial charge in [-0.05, 0) is 48.8 Å². The van der Waals surface area contributed by atoms with E-state index in [9.17, 15) is 4.79 Å². The van der Waals surface area contributed by atoms with Crippen LogP contribution in [0.5, 0.6) is 0 Å². The number of benzene rings is 1. The van der Waals surface area contributed by atoms with Crippen molar-refractivity contribution in [3.05, 3.63) is 33.7 Å². The van der Waals surface area contributed by atoms with Crippen LogP contribution in [0.1, 0.15) is 24.0 Å². The minimum Gasteiger partial charge on any atom is -0.461 e. The molecule has 0 radical (unpaired) electrons. The molecule has 3 rings (SSSR count). The molecule has 2 heterocycles. The van der Waals surface area contributed by atoms with Crippen LogP contribution in [-0.4, -0.2) is 5.78 Å². The molecular weight excluding hydrogens is 308 g/mol. The van der Waals surface area contributed by atoms with Crippen LogP contribution in [0.2, 0.25) is 0 Å². The van der Waals surface area contributed by atoms with Gasteiger partial charge in [-0.15, -0.1) is 0 Å². The smallest absolute Gasteiger partial charge is 0.149 e. The fourth-order valence-corrected chi connectivity index (χ4v) is 3.06. The molecule has 0 unspecified atom stereocenters. The predicted molar refractivity (Wildman–Crippen MR) is 77.5 cm³/mol. The van der Waals surface area contributed by atoms with Crippen molar-refractivity contribution in [3.63, 3.8) is 0 Å². The van der Waals surface area contributed by atoms with Gasteiger partial charge in [0, 0.05) is 22.8 Å². The summed E-state index contributed by atoms with van der Waals surface area (Å²) in [4.78, 5) is 11.5. The first-order valence-electron chi connectivity index (χ1n) is 6.07. The highest BCUT2D eigenvalue weighted by Gasteiger charge is 2.20. The van der Waals surface area contributed by atoms with E-state index >= 15 is 0 Å². The maximum Gasteiger partial charge on any atom is 0.149 e. The maximum absolute atomic E-state index is 11.5. The first kappa shape index (κ1) is 12.5. The van der Waals surface area contributed by atoms with E-state index < -0.39 is 0 Å². The van der Waals surface area contributed by atoms with Crippen LogP contribution < -0.4 is 0 Å². The van der Waals surface area contributed by atoms with E-state index in [0.717, 1.165) is 43.5 Å². The van der Waals surface area contributed by atoms with Gasteiger partial charge in [-0.2, -0.15) is 0 Å². The summed E-state index contributed by atoms with van der Waals surface area (Å²) in [5.74, 6) is 1.76. The molecule has 3 aromatic rings. The quantitative estimate of drug-likeness (QED) is 0.688. The van der Waals surface area contributed by atoms with Gasteiger partial charge in [-0.25, -0.2) is 0 Å². The average Bonchev–Trinajstić information content (AvgIpc) is 2.87. The second-order valence-corrected chi connectivity index (χ2v) is 5.66. The summed E-state index contributed by atoms with van der Waals surface area (Å²) >= 11 is 3.57. The van der Waals surface area contributed by atoms with Gasteiger partial charge in [-0.1, -0.05) is 0 Å². The molecule has 3 nitrogen and oxygen atoms in total. The van der Waals surface area contributed by atoms with Crippen molar-refractivity contribution in [2.45, 2.75) is 27.2 Å². The molecule has 0 N–H and O–H groups in total. The van der Waals surface area contributed by atoms with Gasteiger partial charge in [0.2, 0.25) is 0 Å².